The van der Waals surface area contributed by atoms with E-state index in [4.69, 9.17) is 9.84 Å². The van der Waals surface area contributed by atoms with E-state index in [1.165, 1.54) is 19.3 Å². The van der Waals surface area contributed by atoms with E-state index in [1.54, 1.807) is 18.2 Å². The van der Waals surface area contributed by atoms with Crippen molar-refractivity contribution in [2.24, 2.45) is 0 Å². The van der Waals surface area contributed by atoms with Gasteiger partial charge in [0.15, 0.2) is 0 Å². The molecule has 1 aromatic carbocycles. The van der Waals surface area contributed by atoms with Crippen LogP contribution in [0.1, 0.15) is 12.0 Å². The van der Waals surface area contributed by atoms with Crippen LogP contribution in [-0.2, 0) is 4.79 Å². The second kappa shape index (κ2) is 5.05. The molecule has 0 atom stereocenters. The van der Waals surface area contributed by atoms with Gasteiger partial charge < -0.3 is 14.9 Å². The van der Waals surface area contributed by atoms with Gasteiger partial charge in [-0.05, 0) is 18.2 Å². The molecule has 0 unspecified atom stereocenters. The largest absolute Gasteiger partial charge is 0.507 e. The average molecular weight is 208 g/mol. The molecule has 0 bridgehead atoms. The summed E-state index contributed by atoms with van der Waals surface area (Å²) in [6, 6.07) is 4.76. The van der Waals surface area contributed by atoms with Gasteiger partial charge in [-0.2, -0.15) is 0 Å². The molecule has 1 aromatic rings. The van der Waals surface area contributed by atoms with Gasteiger partial charge in [-0.25, -0.2) is 0 Å². The van der Waals surface area contributed by atoms with E-state index in [2.05, 4.69) is 0 Å². The first-order valence-electron chi connectivity index (χ1n) is 4.39. The number of carboxylic acid groups (broad SMARTS) is 1. The van der Waals surface area contributed by atoms with Crippen molar-refractivity contribution in [1.82, 2.24) is 0 Å². The number of carboxylic acids is 1. The lowest BCUT2D eigenvalue weighted by molar-refractivity contribution is -0.135. The molecule has 0 heterocycles. The lowest BCUT2D eigenvalue weighted by Gasteiger charge is -2.02. The van der Waals surface area contributed by atoms with E-state index in [0.717, 1.165) is 0 Å². The highest BCUT2D eigenvalue weighted by atomic mass is 16.5. The molecule has 0 radical (unpaired) electrons. The van der Waals surface area contributed by atoms with Crippen molar-refractivity contribution < 1.29 is 19.7 Å². The van der Waals surface area contributed by atoms with Crippen LogP contribution in [0.2, 0.25) is 0 Å². The number of aliphatic carboxylic acids is 1. The zero-order valence-corrected chi connectivity index (χ0v) is 8.30. The molecule has 0 amide bonds. The zero-order valence-electron chi connectivity index (χ0n) is 8.30. The number of phenols is 1. The minimum Gasteiger partial charge on any atom is -0.507 e. The van der Waals surface area contributed by atoms with Crippen molar-refractivity contribution in [3.63, 3.8) is 0 Å². The van der Waals surface area contributed by atoms with Gasteiger partial charge >= 0.3 is 5.97 Å². The summed E-state index contributed by atoms with van der Waals surface area (Å²) in [6.45, 7) is 0. The number of methoxy groups -OCH3 is 1. The summed E-state index contributed by atoms with van der Waals surface area (Å²) in [4.78, 5) is 10.3. The van der Waals surface area contributed by atoms with Crippen molar-refractivity contribution in [3.05, 3.63) is 29.8 Å². The fourth-order valence-corrected chi connectivity index (χ4v) is 1.08. The second-order valence-electron chi connectivity index (χ2n) is 2.92. The van der Waals surface area contributed by atoms with Crippen molar-refractivity contribution >= 4 is 12.0 Å². The Morgan fingerprint density at radius 1 is 1.53 bits per heavy atom. The van der Waals surface area contributed by atoms with Gasteiger partial charge in [0, 0.05) is 5.56 Å². The Morgan fingerprint density at radius 2 is 2.27 bits per heavy atom. The minimum absolute atomic E-state index is 0.0728. The summed E-state index contributed by atoms with van der Waals surface area (Å²) >= 11 is 0. The van der Waals surface area contributed by atoms with Gasteiger partial charge in [-0.1, -0.05) is 12.2 Å². The molecule has 0 fully saturated rings. The van der Waals surface area contributed by atoms with Gasteiger partial charge in [-0.15, -0.1) is 0 Å². The maximum Gasteiger partial charge on any atom is 0.307 e. The molecule has 0 saturated heterocycles. The summed E-state index contributed by atoms with van der Waals surface area (Å²) in [5.74, 6) is -0.200. The van der Waals surface area contributed by atoms with Crippen LogP contribution in [0.25, 0.3) is 6.08 Å². The Bertz CT molecular complexity index is 382. The molecule has 0 aliphatic heterocycles. The Kier molecular flexibility index (Phi) is 3.74. The topological polar surface area (TPSA) is 66.8 Å². The van der Waals surface area contributed by atoms with Crippen LogP contribution in [0.3, 0.4) is 0 Å². The fourth-order valence-electron chi connectivity index (χ4n) is 1.08. The van der Waals surface area contributed by atoms with Gasteiger partial charge in [0.2, 0.25) is 0 Å². The Balaban J connectivity index is 2.83. The zero-order chi connectivity index (χ0) is 11.3. The van der Waals surface area contributed by atoms with Crippen molar-refractivity contribution in [3.8, 4) is 11.5 Å². The molecule has 0 aromatic heterocycles. The molecule has 0 spiro atoms. The van der Waals surface area contributed by atoms with Crippen LogP contribution >= 0.6 is 0 Å². The standard InChI is InChI=1S/C11H12O4/c1-15-9-5-6-10(12)8(7-9)3-2-4-11(13)14/h2-3,5-7,12H,4H2,1H3,(H,13,14). The Labute approximate surface area is 87.4 Å². The number of ether oxygens (including phenoxy) is 1. The highest BCUT2D eigenvalue weighted by Crippen LogP contribution is 2.23. The van der Waals surface area contributed by atoms with Crippen LogP contribution < -0.4 is 4.74 Å². The van der Waals surface area contributed by atoms with Crippen LogP contribution in [0.15, 0.2) is 24.3 Å². The van der Waals surface area contributed by atoms with Crippen LogP contribution in [-0.4, -0.2) is 23.3 Å². The van der Waals surface area contributed by atoms with Gasteiger partial charge in [0.25, 0.3) is 0 Å². The summed E-state index contributed by atoms with van der Waals surface area (Å²) < 4.78 is 4.98. The fraction of sp³-hybridized carbons (Fsp3) is 0.182. The molecule has 15 heavy (non-hydrogen) atoms. The highest BCUT2D eigenvalue weighted by Gasteiger charge is 1.99. The molecule has 0 aliphatic carbocycles. The maximum absolute atomic E-state index is 10.3. The summed E-state index contributed by atoms with van der Waals surface area (Å²) in [7, 11) is 1.52. The Hall–Kier alpha value is -1.97. The first kappa shape index (κ1) is 11.1. The van der Waals surface area contributed by atoms with E-state index < -0.39 is 5.97 Å². The van der Waals surface area contributed by atoms with E-state index >= 15 is 0 Å². The third-order valence-electron chi connectivity index (χ3n) is 1.82. The second-order valence-corrected chi connectivity index (χ2v) is 2.92. The van der Waals surface area contributed by atoms with E-state index in [9.17, 15) is 9.90 Å². The van der Waals surface area contributed by atoms with E-state index in [0.29, 0.717) is 11.3 Å². The molecule has 80 valence electrons. The Morgan fingerprint density at radius 3 is 2.87 bits per heavy atom. The van der Waals surface area contributed by atoms with Gasteiger partial charge in [0.1, 0.15) is 11.5 Å². The minimum atomic E-state index is -0.909. The average Bonchev–Trinajstić information content (AvgIpc) is 2.20. The lowest BCUT2D eigenvalue weighted by Crippen LogP contribution is -1.89. The first-order valence-corrected chi connectivity index (χ1v) is 4.39. The molecular weight excluding hydrogens is 196 g/mol. The number of aromatic hydroxyl groups is 1. The normalized spacial score (nSPS) is 10.5. The molecular formula is C11H12O4. The third-order valence-corrected chi connectivity index (χ3v) is 1.82. The number of rotatable bonds is 4. The predicted molar refractivity (Wildman–Crippen MR) is 55.9 cm³/mol. The molecule has 2 N–H and O–H groups in total. The molecule has 4 heteroatoms. The number of carbonyl (C=O) groups is 1. The maximum atomic E-state index is 10.3. The van der Waals surface area contributed by atoms with Gasteiger partial charge in [-0.3, -0.25) is 4.79 Å². The van der Waals surface area contributed by atoms with Crippen molar-refractivity contribution in [2.75, 3.05) is 7.11 Å². The van der Waals surface area contributed by atoms with Gasteiger partial charge in [0.05, 0.1) is 13.5 Å². The van der Waals surface area contributed by atoms with Crippen LogP contribution in [0.4, 0.5) is 0 Å². The first-order chi connectivity index (χ1) is 7.13. The third kappa shape index (κ3) is 3.34. The smallest absolute Gasteiger partial charge is 0.307 e. The summed E-state index contributed by atoms with van der Waals surface area (Å²) in [5, 5.41) is 17.9. The van der Waals surface area contributed by atoms with Crippen LogP contribution in [0, 0.1) is 0 Å². The number of hydrogen-bond donors (Lipinski definition) is 2. The molecule has 0 saturated carbocycles. The predicted octanol–water partition coefficient (Wildman–Crippen LogP) is 1.89. The number of benzene rings is 1. The quantitative estimate of drug-likeness (QED) is 0.792. The van der Waals surface area contributed by atoms with Crippen LogP contribution in [0.5, 0.6) is 11.5 Å². The SMILES string of the molecule is COc1ccc(O)c(C=CCC(=O)O)c1. The highest BCUT2D eigenvalue weighted by molar-refractivity contribution is 5.71. The molecule has 1 rings (SSSR count). The van der Waals surface area contributed by atoms with E-state index in [-0.39, 0.29) is 12.2 Å². The molecule has 4 nitrogen and oxygen atoms in total. The number of hydrogen-bond acceptors (Lipinski definition) is 3. The summed E-state index contributed by atoms with van der Waals surface area (Å²) in [6.07, 6.45) is 2.94. The van der Waals surface area contributed by atoms with E-state index in [1.807, 2.05) is 0 Å². The molecule has 0 aliphatic rings. The van der Waals surface area contributed by atoms with Crippen molar-refractivity contribution in [1.29, 1.82) is 0 Å². The summed E-state index contributed by atoms with van der Waals surface area (Å²) in [5.41, 5.74) is 0.538. The monoisotopic (exact) mass is 208 g/mol. The van der Waals surface area contributed by atoms with Crippen molar-refractivity contribution in [2.45, 2.75) is 6.42 Å². The lowest BCUT2D eigenvalue weighted by atomic mass is 10.1. The number of phenolic OH excluding ortho intramolecular Hbond substituents is 1.